The summed E-state index contributed by atoms with van der Waals surface area (Å²) in [7, 11) is 0. The number of benzene rings is 2. The zero-order valence-corrected chi connectivity index (χ0v) is 16.5. The van der Waals surface area contributed by atoms with Crippen molar-refractivity contribution < 1.29 is 19.1 Å². The number of ether oxygens (including phenoxy) is 2. The van der Waals surface area contributed by atoms with Crippen molar-refractivity contribution in [2.75, 3.05) is 0 Å². The lowest BCUT2D eigenvalue weighted by Gasteiger charge is -2.18. The Morgan fingerprint density at radius 3 is 2.23 bits per heavy atom. The van der Waals surface area contributed by atoms with Gasteiger partial charge in [-0.1, -0.05) is 35.3 Å². The number of hydrogen-bond donors (Lipinski definition) is 0. The lowest BCUT2D eigenvalue weighted by molar-refractivity contribution is -0.153. The molecule has 0 saturated carbocycles. The minimum absolute atomic E-state index is 0.266. The molecule has 138 valence electrons. The van der Waals surface area contributed by atoms with Gasteiger partial charge in [-0.05, 0) is 63.1 Å². The van der Waals surface area contributed by atoms with E-state index in [0.29, 0.717) is 16.3 Å². The highest BCUT2D eigenvalue weighted by atomic mass is 35.5. The number of esters is 1. The molecule has 0 aromatic heterocycles. The number of rotatable bonds is 6. The largest absolute Gasteiger partial charge is 0.477 e. The van der Waals surface area contributed by atoms with E-state index in [-0.39, 0.29) is 10.8 Å². The summed E-state index contributed by atoms with van der Waals surface area (Å²) >= 11 is 11.9. The Morgan fingerprint density at radius 2 is 1.62 bits per heavy atom. The van der Waals surface area contributed by atoms with Crippen LogP contribution in [0, 0.1) is 13.8 Å². The van der Waals surface area contributed by atoms with Crippen LogP contribution in [0.25, 0.3) is 0 Å². The molecule has 0 aliphatic rings. The zero-order valence-electron chi connectivity index (χ0n) is 15.0. The lowest BCUT2D eigenvalue weighted by atomic mass is 10.0. The molecule has 0 bridgehead atoms. The third kappa shape index (κ3) is 4.99. The average Bonchev–Trinajstić information content (AvgIpc) is 2.58. The first kappa shape index (κ1) is 20.3. The van der Waals surface area contributed by atoms with E-state index in [1.807, 2.05) is 19.9 Å². The van der Waals surface area contributed by atoms with Crippen molar-refractivity contribution in [1.82, 2.24) is 0 Å². The average molecular weight is 395 g/mol. The van der Waals surface area contributed by atoms with Gasteiger partial charge in [0, 0.05) is 10.6 Å². The molecule has 2 aromatic carbocycles. The van der Waals surface area contributed by atoms with Gasteiger partial charge in [-0.3, -0.25) is 4.79 Å². The predicted molar refractivity (Wildman–Crippen MR) is 102 cm³/mol. The predicted octanol–water partition coefficient (Wildman–Crippen LogP) is 5.19. The van der Waals surface area contributed by atoms with Crippen molar-refractivity contribution in [3.05, 3.63) is 63.1 Å². The van der Waals surface area contributed by atoms with Gasteiger partial charge in [0.15, 0.2) is 12.2 Å². The number of aryl methyl sites for hydroxylation is 2. The number of carbonyl (C=O) groups excluding carboxylic acids is 2. The molecule has 0 radical (unpaired) electrons. The van der Waals surface area contributed by atoms with Gasteiger partial charge in [-0.25, -0.2) is 4.79 Å². The number of ketones is 1. The van der Waals surface area contributed by atoms with Crippen LogP contribution < -0.4 is 4.74 Å². The summed E-state index contributed by atoms with van der Waals surface area (Å²) in [5.41, 5.74) is 2.60. The highest BCUT2D eigenvalue weighted by Crippen LogP contribution is 2.28. The van der Waals surface area contributed by atoms with E-state index in [2.05, 4.69) is 0 Å². The van der Waals surface area contributed by atoms with Crippen molar-refractivity contribution in [1.29, 1.82) is 0 Å². The molecular formula is C20H20Cl2O4. The van der Waals surface area contributed by atoms with E-state index in [1.165, 1.54) is 19.9 Å². The Bertz CT molecular complexity index is 833. The molecule has 6 heteroatoms. The third-order valence-corrected chi connectivity index (χ3v) is 4.51. The van der Waals surface area contributed by atoms with E-state index in [9.17, 15) is 9.59 Å². The maximum Gasteiger partial charge on any atom is 0.347 e. The van der Waals surface area contributed by atoms with Gasteiger partial charge >= 0.3 is 5.97 Å². The van der Waals surface area contributed by atoms with Crippen LogP contribution in [0.4, 0.5) is 0 Å². The van der Waals surface area contributed by atoms with E-state index in [0.717, 1.165) is 11.1 Å². The van der Waals surface area contributed by atoms with Gasteiger partial charge in [0.25, 0.3) is 0 Å². The quantitative estimate of drug-likeness (QED) is 0.499. The van der Waals surface area contributed by atoms with Crippen molar-refractivity contribution in [2.45, 2.75) is 39.9 Å². The number of carbonyl (C=O) groups is 2. The fourth-order valence-corrected chi connectivity index (χ4v) is 2.72. The maximum atomic E-state index is 12.5. The fourth-order valence-electron chi connectivity index (χ4n) is 2.26. The topological polar surface area (TPSA) is 52.6 Å². The standard InChI is InChI=1S/C20H20Cl2O4/c1-11-5-6-15(9-12(11)2)19(23)13(3)26-20(24)14(4)25-18-8-7-16(21)10-17(18)22/h5-10,13-14H,1-4H3/t13-,14+/m0/s1. The molecule has 0 N–H and O–H groups in total. The van der Waals surface area contributed by atoms with Gasteiger partial charge in [0.1, 0.15) is 5.75 Å². The molecule has 26 heavy (non-hydrogen) atoms. The summed E-state index contributed by atoms with van der Waals surface area (Å²) < 4.78 is 10.8. The number of Topliss-reactive ketones (excluding diaryl/α,β-unsaturated/α-hetero) is 1. The number of hydrogen-bond acceptors (Lipinski definition) is 4. The Hall–Kier alpha value is -2.04. The van der Waals surface area contributed by atoms with E-state index >= 15 is 0 Å². The summed E-state index contributed by atoms with van der Waals surface area (Å²) in [6.07, 6.45) is -1.85. The highest BCUT2D eigenvalue weighted by molar-refractivity contribution is 6.35. The molecule has 2 atom stereocenters. The third-order valence-electron chi connectivity index (χ3n) is 3.98. The summed E-state index contributed by atoms with van der Waals surface area (Å²) in [4.78, 5) is 24.7. The molecule has 0 heterocycles. The molecule has 0 aliphatic carbocycles. The van der Waals surface area contributed by atoms with Gasteiger partial charge in [0.2, 0.25) is 5.78 Å². The van der Waals surface area contributed by atoms with E-state index in [4.69, 9.17) is 32.7 Å². The van der Waals surface area contributed by atoms with Gasteiger partial charge in [0.05, 0.1) is 5.02 Å². The van der Waals surface area contributed by atoms with Crippen LogP contribution in [0.3, 0.4) is 0 Å². The van der Waals surface area contributed by atoms with Crippen molar-refractivity contribution in [3.8, 4) is 5.75 Å². The van der Waals surface area contributed by atoms with Gasteiger partial charge in [-0.15, -0.1) is 0 Å². The van der Waals surface area contributed by atoms with E-state index < -0.39 is 18.2 Å². The van der Waals surface area contributed by atoms with Crippen LogP contribution in [0.15, 0.2) is 36.4 Å². The molecule has 0 aliphatic heterocycles. The van der Waals surface area contributed by atoms with Crippen LogP contribution in [0.1, 0.15) is 35.3 Å². The van der Waals surface area contributed by atoms with Crippen LogP contribution in [-0.2, 0) is 9.53 Å². The minimum atomic E-state index is -0.927. The van der Waals surface area contributed by atoms with Crippen LogP contribution >= 0.6 is 23.2 Å². The molecule has 0 unspecified atom stereocenters. The van der Waals surface area contributed by atoms with Gasteiger partial charge < -0.3 is 9.47 Å². The maximum absolute atomic E-state index is 12.5. The second kappa shape index (κ2) is 8.56. The summed E-state index contributed by atoms with van der Waals surface area (Å²) in [5, 5.41) is 0.751. The molecular weight excluding hydrogens is 375 g/mol. The van der Waals surface area contributed by atoms with Crippen LogP contribution in [0.5, 0.6) is 5.75 Å². The summed E-state index contributed by atoms with van der Waals surface area (Å²) in [5.74, 6) is -0.604. The number of halogens is 2. The smallest absolute Gasteiger partial charge is 0.347 e. The zero-order chi connectivity index (χ0) is 19.4. The molecule has 0 saturated heterocycles. The normalized spacial score (nSPS) is 13.0. The molecule has 2 rings (SSSR count). The first-order chi connectivity index (χ1) is 12.2. The minimum Gasteiger partial charge on any atom is -0.477 e. The fraction of sp³-hybridized carbons (Fsp3) is 0.300. The molecule has 0 spiro atoms. The first-order valence-electron chi connectivity index (χ1n) is 8.12. The second-order valence-electron chi connectivity index (χ2n) is 6.08. The highest BCUT2D eigenvalue weighted by Gasteiger charge is 2.24. The summed E-state index contributed by atoms with van der Waals surface area (Å²) in [6, 6.07) is 10.1. The molecule has 0 fully saturated rings. The van der Waals surface area contributed by atoms with Crippen molar-refractivity contribution >= 4 is 35.0 Å². The molecule has 0 amide bonds. The van der Waals surface area contributed by atoms with Crippen molar-refractivity contribution in [3.63, 3.8) is 0 Å². The molecule has 2 aromatic rings. The molecule has 4 nitrogen and oxygen atoms in total. The summed E-state index contributed by atoms with van der Waals surface area (Å²) in [6.45, 7) is 6.96. The Balaban J connectivity index is 2.00. The Kier molecular flexibility index (Phi) is 6.68. The Morgan fingerprint density at radius 1 is 0.923 bits per heavy atom. The second-order valence-corrected chi connectivity index (χ2v) is 6.92. The Labute approximate surface area is 163 Å². The van der Waals surface area contributed by atoms with Crippen LogP contribution in [0.2, 0.25) is 10.0 Å². The first-order valence-corrected chi connectivity index (χ1v) is 8.88. The lowest BCUT2D eigenvalue weighted by Crippen LogP contribution is -2.32. The SMILES string of the molecule is Cc1ccc(C(=O)[C@H](C)OC(=O)[C@@H](C)Oc2ccc(Cl)cc2Cl)cc1C. The van der Waals surface area contributed by atoms with Crippen molar-refractivity contribution in [2.24, 2.45) is 0 Å². The van der Waals surface area contributed by atoms with Gasteiger partial charge in [-0.2, -0.15) is 0 Å². The van der Waals surface area contributed by atoms with E-state index in [1.54, 1.807) is 24.3 Å². The monoisotopic (exact) mass is 394 g/mol. The van der Waals surface area contributed by atoms with Crippen LogP contribution in [-0.4, -0.2) is 24.0 Å².